The van der Waals surface area contributed by atoms with Gasteiger partial charge in [-0.2, -0.15) is 22.0 Å². The van der Waals surface area contributed by atoms with Crippen LogP contribution in [0.15, 0.2) is 35.2 Å². The molecule has 0 saturated carbocycles. The van der Waals surface area contributed by atoms with Gasteiger partial charge < -0.3 is 24.8 Å². The van der Waals surface area contributed by atoms with E-state index in [-0.39, 0.29) is 35.7 Å². The van der Waals surface area contributed by atoms with Crippen LogP contribution in [0.3, 0.4) is 0 Å². The Hall–Kier alpha value is -4.41. The van der Waals surface area contributed by atoms with Crippen molar-refractivity contribution in [1.29, 1.82) is 0 Å². The molecule has 5 rings (SSSR count). The smallest absolute Gasteiger partial charge is 0.433 e. The lowest BCUT2D eigenvalue weighted by molar-refractivity contribution is -0.127. The molecule has 0 bridgehead atoms. The van der Waals surface area contributed by atoms with E-state index >= 15 is 0 Å². The molecule has 50 heavy (non-hydrogen) atoms. The normalized spacial score (nSPS) is 17.2. The predicted octanol–water partition coefficient (Wildman–Crippen LogP) is 5.45. The largest absolute Gasteiger partial charge is 0.508 e. The first kappa shape index (κ1) is 36.9. The zero-order chi connectivity index (χ0) is 36.2. The van der Waals surface area contributed by atoms with Gasteiger partial charge in [0, 0.05) is 44.7 Å². The molecule has 1 amide bonds. The van der Waals surface area contributed by atoms with E-state index in [1.165, 1.54) is 4.72 Å². The molecule has 0 radical (unpaired) electrons. The molecule has 2 aliphatic heterocycles. The number of halogens is 6. The number of anilines is 2. The van der Waals surface area contributed by atoms with Crippen LogP contribution in [0.4, 0.5) is 42.5 Å². The number of cyclic esters (lactones) is 2. The summed E-state index contributed by atoms with van der Waals surface area (Å²) >= 11 is 1.05. The maximum absolute atomic E-state index is 14.8. The van der Waals surface area contributed by atoms with Crippen molar-refractivity contribution in [2.75, 3.05) is 43.4 Å². The highest BCUT2D eigenvalue weighted by atomic mass is 32.2. The Morgan fingerprint density at radius 2 is 1.92 bits per heavy atom. The first-order valence-electron chi connectivity index (χ1n) is 15.1. The lowest BCUT2D eigenvalue weighted by Gasteiger charge is -2.33. The molecule has 19 heteroatoms. The highest BCUT2D eigenvalue weighted by molar-refractivity contribution is 7.90. The highest BCUT2D eigenvalue weighted by Crippen LogP contribution is 2.39. The number of nitrogens with zero attached hydrogens (tertiary/aromatic N) is 1. The number of alkyl halides is 5. The van der Waals surface area contributed by atoms with E-state index < -0.39 is 63.4 Å². The van der Waals surface area contributed by atoms with Gasteiger partial charge in [-0.05, 0) is 29.9 Å². The summed E-state index contributed by atoms with van der Waals surface area (Å²) in [5.41, 5.74) is 0.176. The zero-order valence-corrected chi connectivity index (χ0v) is 27.8. The molecule has 270 valence electrons. The lowest BCUT2D eigenvalue weighted by atomic mass is 10.0. The third kappa shape index (κ3) is 9.43. The molecule has 0 aliphatic carbocycles. The summed E-state index contributed by atoms with van der Waals surface area (Å²) in [6.45, 7) is -0.809. The van der Waals surface area contributed by atoms with Crippen molar-refractivity contribution < 1.29 is 58.6 Å². The highest BCUT2D eigenvalue weighted by Gasteiger charge is 2.32. The van der Waals surface area contributed by atoms with Crippen LogP contribution in [0.1, 0.15) is 30.2 Å². The van der Waals surface area contributed by atoms with E-state index in [1.807, 2.05) is 0 Å². The lowest BCUT2D eigenvalue weighted by Crippen LogP contribution is -2.43. The number of piperidine rings is 1. The number of fused-ring (bicyclic) bond motifs is 1. The van der Waals surface area contributed by atoms with Crippen molar-refractivity contribution in [3.63, 3.8) is 0 Å². The second-order valence-corrected chi connectivity index (χ2v) is 14.0. The van der Waals surface area contributed by atoms with Crippen molar-refractivity contribution >= 4 is 54.9 Å². The second-order valence-electron chi connectivity index (χ2n) is 11.4. The number of carbonyl (C=O) groups excluding carboxylic acids is 2. The fraction of sp³-hybridized carbons (Fsp3) is 0.419. The van der Waals surface area contributed by atoms with Crippen molar-refractivity contribution in [1.82, 2.24) is 9.62 Å². The standard InChI is InChI=1S/C31H30F6N4O7S2/c1-17(42)40-50(44,45)27-13-25(48-29(33)34)24(12-22(27)32)38-9-3-6-26-21(14-31(35,36)37)20-4-2-5-23(28(20)49-26)39-18-7-10-41(11-8-18)15-19-16-46-30(43)47-19/h2,4-5,12-13,18-19,29,38-39H,7-11,14-16H2,1H3,(H,40,42). The Balaban J connectivity index is 1.34. The molecular formula is C31H30F6N4O7S2. The third-order valence-electron chi connectivity index (χ3n) is 7.64. The maximum Gasteiger partial charge on any atom is 0.508 e. The number of carbonyl (C=O) groups is 2. The molecule has 1 atom stereocenters. The third-order valence-corrected chi connectivity index (χ3v) is 10.3. The number of likely N-dealkylation sites (tertiary alicyclic amines) is 1. The van der Waals surface area contributed by atoms with Gasteiger partial charge in [-0.3, -0.25) is 9.69 Å². The van der Waals surface area contributed by atoms with Crippen LogP contribution in [0.2, 0.25) is 0 Å². The van der Waals surface area contributed by atoms with E-state index in [4.69, 9.17) is 9.47 Å². The number of hydrogen-bond acceptors (Lipinski definition) is 11. The summed E-state index contributed by atoms with van der Waals surface area (Å²) in [6.07, 6.45) is -5.37. The fourth-order valence-corrected chi connectivity index (χ4v) is 7.80. The molecule has 1 aromatic heterocycles. The summed E-state index contributed by atoms with van der Waals surface area (Å²) < 4.78 is 123. The van der Waals surface area contributed by atoms with Crippen LogP contribution in [-0.2, 0) is 30.7 Å². The van der Waals surface area contributed by atoms with Gasteiger partial charge in [0.15, 0.2) is 11.9 Å². The number of ether oxygens (including phenoxy) is 3. The number of thiophene rings is 1. The minimum atomic E-state index is -4.75. The summed E-state index contributed by atoms with van der Waals surface area (Å²) in [4.78, 5) is 23.6. The van der Waals surface area contributed by atoms with Crippen LogP contribution < -0.4 is 20.1 Å². The Morgan fingerprint density at radius 1 is 1.18 bits per heavy atom. The first-order chi connectivity index (χ1) is 23.6. The molecule has 3 heterocycles. The SMILES string of the molecule is CC(=O)NS(=O)(=O)c1cc(OC(F)F)c(NCC#Cc2sc3c(NC4CCN(CC5COC(=O)O5)CC4)cccc3c2CC(F)(F)F)cc1F. The van der Waals surface area contributed by atoms with Gasteiger partial charge in [0.1, 0.15) is 17.3 Å². The van der Waals surface area contributed by atoms with E-state index in [0.717, 1.165) is 31.1 Å². The fourth-order valence-electron chi connectivity index (χ4n) is 5.56. The molecule has 2 aliphatic rings. The van der Waals surface area contributed by atoms with Crippen LogP contribution >= 0.6 is 11.3 Å². The van der Waals surface area contributed by atoms with Gasteiger partial charge in [-0.25, -0.2) is 22.3 Å². The first-order valence-corrected chi connectivity index (χ1v) is 17.4. The molecule has 2 fully saturated rings. The van der Waals surface area contributed by atoms with Gasteiger partial charge in [0.2, 0.25) is 5.91 Å². The number of amides is 1. The molecule has 2 aromatic carbocycles. The summed E-state index contributed by atoms with van der Waals surface area (Å²) in [5, 5.41) is 6.33. The van der Waals surface area contributed by atoms with Crippen molar-refractivity contribution in [3.8, 4) is 17.6 Å². The molecule has 11 nitrogen and oxygen atoms in total. The van der Waals surface area contributed by atoms with Crippen LogP contribution in [0, 0.1) is 17.7 Å². The predicted molar refractivity (Wildman–Crippen MR) is 170 cm³/mol. The Kier molecular flexibility index (Phi) is 11.2. The molecule has 1 unspecified atom stereocenters. The molecule has 2 saturated heterocycles. The van der Waals surface area contributed by atoms with Gasteiger partial charge in [0.05, 0.1) is 33.9 Å². The quantitative estimate of drug-likeness (QED) is 0.132. The Morgan fingerprint density at radius 3 is 2.56 bits per heavy atom. The number of rotatable bonds is 11. The van der Waals surface area contributed by atoms with E-state index in [2.05, 4.69) is 32.1 Å². The summed E-state index contributed by atoms with van der Waals surface area (Å²) in [7, 11) is -4.75. The van der Waals surface area contributed by atoms with Crippen LogP contribution in [0.25, 0.3) is 10.1 Å². The molecule has 3 N–H and O–H groups in total. The number of sulfonamides is 1. The van der Waals surface area contributed by atoms with E-state index in [0.29, 0.717) is 47.5 Å². The summed E-state index contributed by atoms with van der Waals surface area (Å²) in [5.74, 6) is 2.11. The minimum Gasteiger partial charge on any atom is -0.433 e. The number of benzene rings is 2. The topological polar surface area (TPSA) is 135 Å². The zero-order valence-electron chi connectivity index (χ0n) is 26.2. The molecule has 3 aromatic rings. The number of hydrogen-bond donors (Lipinski definition) is 3. The average Bonchev–Trinajstić information content (AvgIpc) is 3.58. The Bertz CT molecular complexity index is 1920. The van der Waals surface area contributed by atoms with Crippen molar-refractivity contribution in [2.24, 2.45) is 0 Å². The van der Waals surface area contributed by atoms with Crippen LogP contribution in [-0.4, -0.2) is 83.1 Å². The second kappa shape index (κ2) is 15.2. The van der Waals surface area contributed by atoms with Gasteiger partial charge >= 0.3 is 18.9 Å². The van der Waals surface area contributed by atoms with E-state index in [1.54, 1.807) is 18.2 Å². The average molecular weight is 749 g/mol. The monoisotopic (exact) mass is 748 g/mol. The number of nitrogens with one attached hydrogen (secondary N) is 3. The van der Waals surface area contributed by atoms with Gasteiger partial charge in [-0.15, -0.1) is 11.3 Å². The Labute approximate surface area is 286 Å². The molecular weight excluding hydrogens is 718 g/mol. The maximum atomic E-state index is 14.8. The van der Waals surface area contributed by atoms with Crippen LogP contribution in [0.5, 0.6) is 5.75 Å². The van der Waals surface area contributed by atoms with Crippen molar-refractivity contribution in [2.45, 2.75) is 56.0 Å². The van der Waals surface area contributed by atoms with Gasteiger partial charge in [0.25, 0.3) is 10.0 Å². The molecule has 0 spiro atoms. The minimum absolute atomic E-state index is 0.0239. The van der Waals surface area contributed by atoms with Gasteiger partial charge in [-0.1, -0.05) is 24.0 Å². The van der Waals surface area contributed by atoms with Crippen molar-refractivity contribution in [3.05, 3.63) is 46.6 Å². The van der Waals surface area contributed by atoms with E-state index in [9.17, 15) is 44.3 Å². The summed E-state index contributed by atoms with van der Waals surface area (Å²) in [6, 6.07) is 6.04.